The van der Waals surface area contributed by atoms with Crippen LogP contribution in [0.2, 0.25) is 0 Å². The molecule has 0 saturated heterocycles. The highest BCUT2D eigenvalue weighted by Crippen LogP contribution is 2.32. The molecule has 1 aliphatic rings. The van der Waals surface area contributed by atoms with Gasteiger partial charge < -0.3 is 9.47 Å². The van der Waals surface area contributed by atoms with Gasteiger partial charge in [-0.05, 0) is 49.1 Å². The molecule has 0 fully saturated rings. The van der Waals surface area contributed by atoms with E-state index in [0.29, 0.717) is 17.0 Å². The summed E-state index contributed by atoms with van der Waals surface area (Å²) in [5.74, 6) is 0.892. The van der Waals surface area contributed by atoms with E-state index in [1.165, 1.54) is 16.2 Å². The molecule has 0 saturated carbocycles. The van der Waals surface area contributed by atoms with Gasteiger partial charge >= 0.3 is 0 Å². The van der Waals surface area contributed by atoms with Crippen molar-refractivity contribution in [2.24, 2.45) is 0 Å². The van der Waals surface area contributed by atoms with Crippen molar-refractivity contribution in [1.29, 1.82) is 0 Å². The van der Waals surface area contributed by atoms with E-state index in [1.54, 1.807) is 0 Å². The summed E-state index contributed by atoms with van der Waals surface area (Å²) in [5, 5.41) is 0. The molecule has 25 heavy (non-hydrogen) atoms. The second kappa shape index (κ2) is 7.57. The van der Waals surface area contributed by atoms with Crippen LogP contribution >= 0.6 is 11.3 Å². The number of rotatable bonds is 5. The Labute approximate surface area is 150 Å². The Morgan fingerprint density at radius 2 is 1.96 bits per heavy atom. The molecular formula is C18H20N2O4S. The lowest BCUT2D eigenvalue weighted by molar-refractivity contribution is -0.121. The number of amides is 2. The summed E-state index contributed by atoms with van der Waals surface area (Å²) in [6.07, 6.45) is 1.71. The molecule has 6 nitrogen and oxygen atoms in total. The number of hydrazine groups is 1. The molecule has 1 aromatic heterocycles. The van der Waals surface area contributed by atoms with Gasteiger partial charge in [0.25, 0.3) is 5.91 Å². The van der Waals surface area contributed by atoms with Crippen molar-refractivity contribution in [2.75, 3.05) is 6.79 Å². The SMILES string of the molecule is CCc1sc(C(=O)NNC(=O)CCc2ccc3c(c2)OCO3)cc1C. The summed E-state index contributed by atoms with van der Waals surface area (Å²) >= 11 is 1.45. The molecule has 0 spiro atoms. The molecule has 132 valence electrons. The van der Waals surface area contributed by atoms with E-state index in [9.17, 15) is 9.59 Å². The van der Waals surface area contributed by atoms with Crippen LogP contribution in [0.4, 0.5) is 0 Å². The zero-order valence-electron chi connectivity index (χ0n) is 14.2. The number of thiophene rings is 1. The fraction of sp³-hybridized carbons (Fsp3) is 0.333. The molecule has 3 rings (SSSR count). The Bertz CT molecular complexity index is 800. The van der Waals surface area contributed by atoms with Crippen LogP contribution in [0.1, 0.15) is 39.0 Å². The second-order valence-corrected chi connectivity index (χ2v) is 6.90. The molecular weight excluding hydrogens is 340 g/mol. The number of aryl methyl sites for hydroxylation is 3. The molecule has 0 atom stereocenters. The molecule has 7 heteroatoms. The molecule has 2 amide bonds. The fourth-order valence-electron chi connectivity index (χ4n) is 2.59. The van der Waals surface area contributed by atoms with E-state index in [4.69, 9.17) is 9.47 Å². The Hall–Kier alpha value is -2.54. The van der Waals surface area contributed by atoms with Gasteiger partial charge in [-0.1, -0.05) is 13.0 Å². The topological polar surface area (TPSA) is 76.7 Å². The molecule has 2 heterocycles. The molecule has 0 bridgehead atoms. The molecule has 0 radical (unpaired) electrons. The Kier molecular flexibility index (Phi) is 5.23. The van der Waals surface area contributed by atoms with Gasteiger partial charge in [-0.3, -0.25) is 20.4 Å². The van der Waals surface area contributed by atoms with Gasteiger partial charge in [0.2, 0.25) is 12.7 Å². The Balaban J connectivity index is 1.47. The molecule has 2 aromatic rings. The maximum Gasteiger partial charge on any atom is 0.279 e. The molecule has 0 aliphatic carbocycles. The molecule has 1 aliphatic heterocycles. The third-order valence-electron chi connectivity index (χ3n) is 3.96. The van der Waals surface area contributed by atoms with E-state index >= 15 is 0 Å². The van der Waals surface area contributed by atoms with Crippen molar-refractivity contribution in [3.63, 3.8) is 0 Å². The lowest BCUT2D eigenvalue weighted by atomic mass is 10.1. The fourth-order valence-corrected chi connectivity index (χ4v) is 3.60. The van der Waals surface area contributed by atoms with Crippen LogP contribution in [0.15, 0.2) is 24.3 Å². The van der Waals surface area contributed by atoms with E-state index in [1.807, 2.05) is 31.2 Å². The Morgan fingerprint density at radius 3 is 2.72 bits per heavy atom. The van der Waals surface area contributed by atoms with Crippen molar-refractivity contribution < 1.29 is 19.1 Å². The summed E-state index contributed by atoms with van der Waals surface area (Å²) in [6, 6.07) is 7.45. The minimum absolute atomic E-state index is 0.229. The standard InChI is InChI=1S/C18H20N2O4S/c1-3-15-11(2)8-16(25-15)18(22)20-19-17(21)7-5-12-4-6-13-14(9-12)24-10-23-13/h4,6,8-9H,3,5,7,10H2,1-2H3,(H,19,21)(H,20,22). The van der Waals surface area contributed by atoms with Gasteiger partial charge in [-0.2, -0.15) is 0 Å². The molecule has 0 unspecified atom stereocenters. The van der Waals surface area contributed by atoms with Crippen LogP contribution in [-0.2, 0) is 17.6 Å². The first-order valence-electron chi connectivity index (χ1n) is 8.14. The third-order valence-corrected chi connectivity index (χ3v) is 5.34. The van der Waals surface area contributed by atoms with Crippen LogP contribution in [0.25, 0.3) is 0 Å². The van der Waals surface area contributed by atoms with Crippen LogP contribution in [0.5, 0.6) is 11.5 Å². The highest BCUT2D eigenvalue weighted by atomic mass is 32.1. The summed E-state index contributed by atoms with van der Waals surface area (Å²) in [4.78, 5) is 25.8. The molecule has 1 aromatic carbocycles. The van der Waals surface area contributed by atoms with Crippen LogP contribution < -0.4 is 20.3 Å². The van der Waals surface area contributed by atoms with Crippen molar-refractivity contribution in [3.05, 3.63) is 45.1 Å². The first-order valence-corrected chi connectivity index (χ1v) is 8.95. The highest BCUT2D eigenvalue weighted by molar-refractivity contribution is 7.14. The van der Waals surface area contributed by atoms with Crippen LogP contribution in [-0.4, -0.2) is 18.6 Å². The average Bonchev–Trinajstić information content (AvgIpc) is 3.23. The summed E-state index contributed by atoms with van der Waals surface area (Å²) in [6.45, 7) is 4.27. The highest BCUT2D eigenvalue weighted by Gasteiger charge is 2.15. The molecule has 2 N–H and O–H groups in total. The lowest BCUT2D eigenvalue weighted by Gasteiger charge is -2.07. The first-order chi connectivity index (χ1) is 12.1. The number of benzene rings is 1. The Morgan fingerprint density at radius 1 is 1.16 bits per heavy atom. The van der Waals surface area contributed by atoms with Gasteiger partial charge in [0.1, 0.15) is 0 Å². The minimum atomic E-state index is -0.288. The number of carbonyl (C=O) groups is 2. The zero-order valence-corrected chi connectivity index (χ0v) is 15.0. The quantitative estimate of drug-likeness (QED) is 0.804. The summed E-state index contributed by atoms with van der Waals surface area (Å²) in [5.41, 5.74) is 7.01. The third kappa shape index (κ3) is 4.11. The lowest BCUT2D eigenvalue weighted by Crippen LogP contribution is -2.41. The normalized spacial score (nSPS) is 12.1. The predicted octanol–water partition coefficient (Wildman–Crippen LogP) is 2.74. The zero-order chi connectivity index (χ0) is 17.8. The number of nitrogens with one attached hydrogen (secondary N) is 2. The number of ether oxygens (including phenoxy) is 2. The van der Waals surface area contributed by atoms with Crippen LogP contribution in [0.3, 0.4) is 0 Å². The van der Waals surface area contributed by atoms with Crippen LogP contribution in [0, 0.1) is 6.92 Å². The van der Waals surface area contributed by atoms with Gasteiger partial charge in [-0.25, -0.2) is 0 Å². The smallest absolute Gasteiger partial charge is 0.279 e. The summed E-state index contributed by atoms with van der Waals surface area (Å²) in [7, 11) is 0. The van der Waals surface area contributed by atoms with E-state index < -0.39 is 0 Å². The number of fused-ring (bicyclic) bond motifs is 1. The minimum Gasteiger partial charge on any atom is -0.454 e. The maximum atomic E-state index is 12.1. The number of hydrogen-bond donors (Lipinski definition) is 2. The van der Waals surface area contributed by atoms with Crippen molar-refractivity contribution in [2.45, 2.75) is 33.1 Å². The van der Waals surface area contributed by atoms with E-state index in [-0.39, 0.29) is 25.0 Å². The number of hydrogen-bond acceptors (Lipinski definition) is 5. The predicted molar refractivity (Wildman–Crippen MR) is 94.9 cm³/mol. The summed E-state index contributed by atoms with van der Waals surface area (Å²) < 4.78 is 10.6. The average molecular weight is 360 g/mol. The maximum absolute atomic E-state index is 12.1. The van der Waals surface area contributed by atoms with E-state index in [2.05, 4.69) is 17.8 Å². The van der Waals surface area contributed by atoms with Crippen molar-refractivity contribution in [3.8, 4) is 11.5 Å². The van der Waals surface area contributed by atoms with Gasteiger partial charge in [0, 0.05) is 11.3 Å². The van der Waals surface area contributed by atoms with Gasteiger partial charge in [0.15, 0.2) is 11.5 Å². The van der Waals surface area contributed by atoms with E-state index in [0.717, 1.165) is 23.3 Å². The van der Waals surface area contributed by atoms with Gasteiger partial charge in [0.05, 0.1) is 4.88 Å². The van der Waals surface area contributed by atoms with Crippen molar-refractivity contribution in [1.82, 2.24) is 10.9 Å². The van der Waals surface area contributed by atoms with Gasteiger partial charge in [-0.15, -0.1) is 11.3 Å². The number of carbonyl (C=O) groups excluding carboxylic acids is 2. The van der Waals surface area contributed by atoms with Crippen molar-refractivity contribution >= 4 is 23.2 Å². The second-order valence-electron chi connectivity index (χ2n) is 5.76. The first kappa shape index (κ1) is 17.3. The largest absolute Gasteiger partial charge is 0.454 e. The monoisotopic (exact) mass is 360 g/mol.